The second kappa shape index (κ2) is 8.89. The number of pyridine rings is 1. The Hall–Kier alpha value is -3.58. The molecular weight excluding hydrogens is 457 g/mol. The number of imidazole rings is 1. The Balaban J connectivity index is 1.46. The normalized spacial score (nSPS) is 24.6. The molecule has 0 spiro atoms. The topological polar surface area (TPSA) is 131 Å². The van der Waals surface area contributed by atoms with Gasteiger partial charge < -0.3 is 30.3 Å². The number of rotatable bonds is 2. The molecule has 3 aliphatic rings. The Bertz CT molecular complexity index is 1260. The molecule has 6 rings (SSSR count). The number of alkyl halides is 1. The fraction of sp³-hybridized carbons (Fsp3) is 0.500. The predicted molar refractivity (Wildman–Crippen MR) is 126 cm³/mol. The molecule has 0 radical (unpaired) electrons. The average molecular weight is 484 g/mol. The third-order valence-corrected chi connectivity index (χ3v) is 6.51. The molecule has 1 saturated heterocycles. The molecule has 13 heteroatoms. The predicted octanol–water partition coefficient (Wildman–Crippen LogP) is 1.80. The number of hydrogen-bond acceptors (Lipinski definition) is 10. The first-order valence-electron chi connectivity index (χ1n) is 11.7. The summed E-state index contributed by atoms with van der Waals surface area (Å²) in [4.78, 5) is 33.6. The summed E-state index contributed by atoms with van der Waals surface area (Å²) in [5.41, 5.74) is 2.25. The zero-order valence-electron chi connectivity index (χ0n) is 19.2. The second-order valence-corrected chi connectivity index (χ2v) is 8.83. The van der Waals surface area contributed by atoms with Gasteiger partial charge in [-0.3, -0.25) is 0 Å². The molecule has 5 heterocycles. The van der Waals surface area contributed by atoms with Crippen molar-refractivity contribution in [3.05, 3.63) is 24.2 Å². The summed E-state index contributed by atoms with van der Waals surface area (Å²) in [5, 5.41) is 9.26. The minimum absolute atomic E-state index is 0.156. The van der Waals surface area contributed by atoms with Crippen molar-refractivity contribution in [2.75, 3.05) is 48.9 Å². The van der Waals surface area contributed by atoms with Gasteiger partial charge in [0.05, 0.1) is 43.3 Å². The van der Waals surface area contributed by atoms with Crippen molar-refractivity contribution >= 4 is 40.5 Å². The molecule has 12 nitrogen and oxygen atoms in total. The Morgan fingerprint density at radius 3 is 2.80 bits per heavy atom. The number of nitrogens with one attached hydrogen (secondary N) is 3. The average Bonchev–Trinajstić information content (AvgIpc) is 3.45. The number of nitrogens with zero attached hydrogens (tertiary/aromatic N) is 6. The van der Waals surface area contributed by atoms with E-state index in [2.05, 4.69) is 30.8 Å². The van der Waals surface area contributed by atoms with E-state index < -0.39 is 24.3 Å². The van der Waals surface area contributed by atoms with Gasteiger partial charge >= 0.3 is 6.03 Å². The number of aromatic nitrogens is 5. The summed E-state index contributed by atoms with van der Waals surface area (Å²) < 4.78 is 27.2. The smallest absolute Gasteiger partial charge is 0.328 e. The Morgan fingerprint density at radius 1 is 1.14 bits per heavy atom. The minimum atomic E-state index is -1.06. The number of ether oxygens (including phenoxy) is 2. The molecule has 1 amide bonds. The number of morpholine rings is 1. The Kier molecular flexibility index (Phi) is 5.57. The van der Waals surface area contributed by atoms with E-state index in [0.717, 1.165) is 0 Å². The third kappa shape index (κ3) is 4.21. The van der Waals surface area contributed by atoms with Gasteiger partial charge in [-0.15, -0.1) is 0 Å². The fourth-order valence-corrected chi connectivity index (χ4v) is 4.75. The highest BCUT2D eigenvalue weighted by molar-refractivity contribution is 5.94. The molecule has 3 aromatic rings. The van der Waals surface area contributed by atoms with E-state index in [-0.39, 0.29) is 19.4 Å². The monoisotopic (exact) mass is 483 g/mol. The van der Waals surface area contributed by atoms with Gasteiger partial charge in [-0.05, 0) is 0 Å². The van der Waals surface area contributed by atoms with Gasteiger partial charge in [0.2, 0.25) is 5.95 Å². The number of fused-ring (bicyclic) bond motifs is 4. The Morgan fingerprint density at radius 2 is 1.97 bits per heavy atom. The number of carbonyl (C=O) groups excluding carboxylic acids is 1. The standard InChI is InChI=1S/C22H26FN9O3/c1-24-15-9-18-28-17-8-13(26-21(30-17)31-2-4-34-5-3-31)10-35-16-7-12(23)6-14(16)27-22(33)32-11-25-19(15)20(32)29-18/h8-9,11-12,14,16H,2-7,10H2,1H3,(H,27,33)(H2,24,26,28,29,30)/t12-,14-,16-/m1/s1. The lowest BCUT2D eigenvalue weighted by Crippen LogP contribution is -2.43. The summed E-state index contributed by atoms with van der Waals surface area (Å²) in [6, 6.07) is 2.68. The maximum absolute atomic E-state index is 14.3. The molecular formula is C22H26FN9O3. The molecule has 1 aliphatic carbocycles. The van der Waals surface area contributed by atoms with Crippen molar-refractivity contribution in [2.45, 2.75) is 37.8 Å². The fourth-order valence-electron chi connectivity index (χ4n) is 4.75. The summed E-state index contributed by atoms with van der Waals surface area (Å²) in [6.07, 6.45) is 0.252. The van der Waals surface area contributed by atoms with Crippen LogP contribution in [0.15, 0.2) is 18.5 Å². The summed E-state index contributed by atoms with van der Waals surface area (Å²) in [5.74, 6) is 1.58. The maximum Gasteiger partial charge on any atom is 0.328 e. The maximum atomic E-state index is 14.3. The van der Waals surface area contributed by atoms with Crippen molar-refractivity contribution in [2.24, 2.45) is 0 Å². The van der Waals surface area contributed by atoms with E-state index >= 15 is 0 Å². The molecule has 3 atom stereocenters. The van der Waals surface area contributed by atoms with Crippen LogP contribution in [0.3, 0.4) is 0 Å². The van der Waals surface area contributed by atoms with Crippen molar-refractivity contribution in [1.82, 2.24) is 29.8 Å². The lowest BCUT2D eigenvalue weighted by molar-refractivity contribution is 0.0256. The van der Waals surface area contributed by atoms with Gasteiger partial charge in [-0.2, -0.15) is 4.98 Å². The van der Waals surface area contributed by atoms with E-state index in [1.807, 2.05) is 0 Å². The van der Waals surface area contributed by atoms with Crippen LogP contribution in [0.25, 0.3) is 11.2 Å². The largest absolute Gasteiger partial charge is 0.386 e. The van der Waals surface area contributed by atoms with Gasteiger partial charge in [0, 0.05) is 45.1 Å². The van der Waals surface area contributed by atoms with Crippen LogP contribution in [0.5, 0.6) is 0 Å². The quantitative estimate of drug-likeness (QED) is 0.496. The van der Waals surface area contributed by atoms with Gasteiger partial charge in [0.15, 0.2) is 5.65 Å². The molecule has 2 fully saturated rings. The minimum Gasteiger partial charge on any atom is -0.386 e. The number of amides is 1. The van der Waals surface area contributed by atoms with E-state index in [0.29, 0.717) is 66.4 Å². The third-order valence-electron chi connectivity index (χ3n) is 6.51. The van der Waals surface area contributed by atoms with E-state index in [1.54, 1.807) is 19.2 Å². The van der Waals surface area contributed by atoms with Crippen LogP contribution >= 0.6 is 0 Å². The molecule has 3 aromatic heterocycles. The molecule has 3 N–H and O–H groups in total. The molecule has 0 aromatic carbocycles. The van der Waals surface area contributed by atoms with Gasteiger partial charge in [0.25, 0.3) is 0 Å². The zero-order valence-corrected chi connectivity index (χ0v) is 19.2. The van der Waals surface area contributed by atoms with Gasteiger partial charge in [-0.1, -0.05) is 0 Å². The number of halogens is 1. The number of anilines is 4. The highest BCUT2D eigenvalue weighted by Gasteiger charge is 2.37. The summed E-state index contributed by atoms with van der Waals surface area (Å²) >= 11 is 0. The molecule has 1 saturated carbocycles. The highest BCUT2D eigenvalue weighted by atomic mass is 19.1. The summed E-state index contributed by atoms with van der Waals surface area (Å²) in [6.45, 7) is 2.71. The second-order valence-electron chi connectivity index (χ2n) is 8.83. The van der Waals surface area contributed by atoms with Crippen LogP contribution in [0, 0.1) is 0 Å². The molecule has 35 heavy (non-hydrogen) atoms. The molecule has 4 bridgehead atoms. The van der Waals surface area contributed by atoms with E-state index in [4.69, 9.17) is 19.4 Å². The lowest BCUT2D eigenvalue weighted by atomic mass is 10.2. The number of hydrogen-bond donors (Lipinski definition) is 3. The van der Waals surface area contributed by atoms with Crippen LogP contribution in [0.1, 0.15) is 18.5 Å². The van der Waals surface area contributed by atoms with Crippen molar-refractivity contribution in [3.8, 4) is 0 Å². The SMILES string of the molecule is CNc1cc2nc3c1ncn3C(=O)N[C@@H]1C[C@@H](F)C[C@H]1OCc1cc(nc(N3CCOCC3)n1)N2. The van der Waals surface area contributed by atoms with Gasteiger partial charge in [0.1, 0.15) is 29.7 Å². The van der Waals surface area contributed by atoms with Crippen molar-refractivity contribution < 1.29 is 18.7 Å². The van der Waals surface area contributed by atoms with E-state index in [1.165, 1.54) is 10.9 Å². The first-order chi connectivity index (χ1) is 17.1. The van der Waals surface area contributed by atoms with Crippen LogP contribution in [-0.4, -0.2) is 82.2 Å². The molecule has 2 aliphatic heterocycles. The van der Waals surface area contributed by atoms with E-state index in [9.17, 15) is 9.18 Å². The van der Waals surface area contributed by atoms with Crippen molar-refractivity contribution in [3.63, 3.8) is 0 Å². The number of carbonyl (C=O) groups is 1. The first-order valence-corrected chi connectivity index (χ1v) is 11.7. The highest BCUT2D eigenvalue weighted by Crippen LogP contribution is 2.29. The first kappa shape index (κ1) is 21.9. The van der Waals surface area contributed by atoms with Gasteiger partial charge in [-0.25, -0.2) is 28.7 Å². The summed E-state index contributed by atoms with van der Waals surface area (Å²) in [7, 11) is 1.77. The van der Waals surface area contributed by atoms with Crippen LogP contribution in [0.2, 0.25) is 0 Å². The lowest BCUT2D eigenvalue weighted by Gasteiger charge is -2.27. The van der Waals surface area contributed by atoms with Crippen molar-refractivity contribution in [1.29, 1.82) is 0 Å². The van der Waals surface area contributed by atoms with Crippen LogP contribution in [0.4, 0.5) is 32.5 Å². The van der Waals surface area contributed by atoms with Crippen LogP contribution in [-0.2, 0) is 16.1 Å². The van der Waals surface area contributed by atoms with Crippen LogP contribution < -0.4 is 20.9 Å². The Labute approximate surface area is 200 Å². The zero-order chi connectivity index (χ0) is 23.9. The molecule has 184 valence electrons. The molecule has 0 unspecified atom stereocenters.